The van der Waals surface area contributed by atoms with Gasteiger partial charge in [0.2, 0.25) is 10.0 Å². The highest BCUT2D eigenvalue weighted by molar-refractivity contribution is 7.90. The molecule has 184 valence electrons. The second kappa shape index (κ2) is 12.1. The van der Waals surface area contributed by atoms with E-state index >= 15 is 0 Å². The maximum absolute atomic E-state index is 13.4. The van der Waals surface area contributed by atoms with Crippen molar-refractivity contribution in [3.8, 4) is 0 Å². The zero-order chi connectivity index (χ0) is 25.3. The highest BCUT2D eigenvalue weighted by Gasteiger charge is 2.29. The fourth-order valence-corrected chi connectivity index (χ4v) is 9.01. The van der Waals surface area contributed by atoms with Crippen molar-refractivity contribution in [3.63, 3.8) is 0 Å². The third kappa shape index (κ3) is 5.76. The van der Waals surface area contributed by atoms with Crippen LogP contribution in [0, 0.1) is 0 Å². The Morgan fingerprint density at radius 1 is 0.694 bits per heavy atom. The van der Waals surface area contributed by atoms with Gasteiger partial charge in [0, 0.05) is 22.5 Å². The molecule has 0 heterocycles. The molecule has 0 amide bonds. The van der Waals surface area contributed by atoms with Gasteiger partial charge in [-0.2, -0.15) is 0 Å². The van der Waals surface area contributed by atoms with Gasteiger partial charge in [-0.1, -0.05) is 109 Å². The fourth-order valence-electron chi connectivity index (χ4n) is 4.18. The second-order valence-electron chi connectivity index (χ2n) is 8.39. The molecule has 0 aliphatic rings. The molecule has 0 unspecified atom stereocenters. The minimum atomic E-state index is -3.75. The van der Waals surface area contributed by atoms with E-state index in [1.54, 1.807) is 18.2 Å². The molecule has 1 N–H and O–H groups in total. The molecule has 4 aromatic carbocycles. The van der Waals surface area contributed by atoms with E-state index in [-0.39, 0.29) is 4.90 Å². The summed E-state index contributed by atoms with van der Waals surface area (Å²) in [5.74, 6) is 0. The van der Waals surface area contributed by atoms with Gasteiger partial charge in [0.25, 0.3) is 0 Å². The van der Waals surface area contributed by atoms with Gasteiger partial charge >= 0.3 is 0 Å². The molecule has 36 heavy (non-hydrogen) atoms. The zero-order valence-electron chi connectivity index (χ0n) is 20.2. The van der Waals surface area contributed by atoms with E-state index < -0.39 is 17.1 Å². The lowest BCUT2D eigenvalue weighted by molar-refractivity contribution is 0.577. The molecular weight excluding hydrogens is 483 g/mol. The first-order valence-corrected chi connectivity index (χ1v) is 15.3. The minimum Gasteiger partial charge on any atom is -0.252 e. The first kappa shape index (κ1) is 25.8. The Balaban J connectivity index is 1.94. The highest BCUT2D eigenvalue weighted by atomic mass is 32.2. The van der Waals surface area contributed by atoms with Crippen LogP contribution in [-0.4, -0.2) is 15.0 Å². The topological polar surface area (TPSA) is 58.5 Å². The Hall–Kier alpha value is -3.24. The van der Waals surface area contributed by atoms with Crippen LogP contribution in [0.1, 0.15) is 19.3 Å². The lowest BCUT2D eigenvalue weighted by Crippen LogP contribution is -2.26. The van der Waals surface area contributed by atoms with E-state index in [9.17, 15) is 8.42 Å². The molecule has 0 aliphatic carbocycles. The van der Waals surface area contributed by atoms with E-state index in [1.807, 2.05) is 66.7 Å². The smallest absolute Gasteiger partial charge is 0.242 e. The molecular formula is C30H31N2O2PS. The molecule has 4 aromatic rings. The predicted molar refractivity (Wildman–Crippen MR) is 153 cm³/mol. The Morgan fingerprint density at radius 3 is 1.67 bits per heavy atom. The second-order valence-corrected chi connectivity index (χ2v) is 13.1. The number of rotatable bonds is 11. The van der Waals surface area contributed by atoms with Gasteiger partial charge in [0.05, 0.1) is 12.7 Å². The SMILES string of the molecule is C=CCCCCNS(=O)(=O)c1ccccc1N=P(c1ccccc1)(c1ccccc1)c1ccccc1. The molecule has 4 nitrogen and oxygen atoms in total. The summed E-state index contributed by atoms with van der Waals surface area (Å²) in [7, 11) is -6.34. The molecule has 0 bridgehead atoms. The summed E-state index contributed by atoms with van der Waals surface area (Å²) in [5, 5.41) is 3.19. The summed E-state index contributed by atoms with van der Waals surface area (Å²) in [5.41, 5.74) is 0.459. The van der Waals surface area contributed by atoms with Crippen molar-refractivity contribution in [1.82, 2.24) is 4.72 Å². The number of benzene rings is 4. The monoisotopic (exact) mass is 514 g/mol. The van der Waals surface area contributed by atoms with E-state index in [4.69, 9.17) is 4.74 Å². The van der Waals surface area contributed by atoms with Crippen LogP contribution in [0.4, 0.5) is 5.69 Å². The Bertz CT molecular complexity index is 1330. The lowest BCUT2D eigenvalue weighted by Gasteiger charge is -2.27. The molecule has 0 atom stereocenters. The molecule has 4 rings (SSSR count). The molecule has 0 saturated carbocycles. The molecule has 0 aromatic heterocycles. The Morgan fingerprint density at radius 2 is 1.17 bits per heavy atom. The lowest BCUT2D eigenvalue weighted by atomic mass is 10.2. The van der Waals surface area contributed by atoms with Gasteiger partial charge in [0.1, 0.15) is 4.90 Å². The molecule has 0 aliphatic heterocycles. The number of nitrogens with zero attached hydrogens (tertiary/aromatic N) is 1. The molecule has 0 spiro atoms. The summed E-state index contributed by atoms with van der Waals surface area (Å²) < 4.78 is 35.0. The normalized spacial score (nSPS) is 11.7. The standard InChI is InChI=1S/C30H31N2O2PS/c1-2-3-4-16-25-31-36(33,34)30-24-15-14-23-29(30)32-35(26-17-8-5-9-18-26,27-19-10-6-11-20-27)28-21-12-7-13-22-28/h2,5-15,17-24,31H,1,3-4,16,25H2. The summed E-state index contributed by atoms with van der Waals surface area (Å²) in [6.07, 6.45) is 4.36. The largest absolute Gasteiger partial charge is 0.252 e. The Kier molecular flexibility index (Phi) is 8.71. The molecule has 0 radical (unpaired) electrons. The van der Waals surface area contributed by atoms with Crippen molar-refractivity contribution in [3.05, 3.63) is 128 Å². The van der Waals surface area contributed by atoms with Crippen LogP contribution in [-0.2, 0) is 10.0 Å². The van der Waals surface area contributed by atoms with Crippen LogP contribution in [0.15, 0.2) is 138 Å². The van der Waals surface area contributed by atoms with Gasteiger partial charge in [-0.05, 0) is 31.4 Å². The van der Waals surface area contributed by atoms with Crippen LogP contribution in [0.5, 0.6) is 0 Å². The van der Waals surface area contributed by atoms with Crippen LogP contribution >= 0.6 is 7.05 Å². The third-order valence-corrected chi connectivity index (χ3v) is 11.1. The molecule has 0 fully saturated rings. The quantitative estimate of drug-likeness (QED) is 0.149. The Labute approximate surface area is 214 Å². The minimum absolute atomic E-state index is 0.195. The maximum atomic E-state index is 13.4. The molecule has 0 saturated heterocycles. The predicted octanol–water partition coefficient (Wildman–Crippen LogP) is 6.13. The van der Waals surface area contributed by atoms with Crippen LogP contribution in [0.2, 0.25) is 0 Å². The van der Waals surface area contributed by atoms with Gasteiger partial charge < -0.3 is 0 Å². The number of nitrogens with one attached hydrogen (secondary N) is 1. The van der Waals surface area contributed by atoms with E-state index in [1.165, 1.54) is 0 Å². The van der Waals surface area contributed by atoms with E-state index in [0.29, 0.717) is 12.2 Å². The summed E-state index contributed by atoms with van der Waals surface area (Å²) in [4.78, 5) is 0.195. The third-order valence-electron chi connectivity index (χ3n) is 5.93. The van der Waals surface area contributed by atoms with Gasteiger partial charge in [0.15, 0.2) is 0 Å². The van der Waals surface area contributed by atoms with E-state index in [2.05, 4.69) is 47.7 Å². The number of hydrogen-bond donors (Lipinski definition) is 1. The van der Waals surface area contributed by atoms with Crippen LogP contribution in [0.25, 0.3) is 0 Å². The number of allylic oxidation sites excluding steroid dienone is 1. The summed E-state index contributed by atoms with van der Waals surface area (Å²) >= 11 is 0. The van der Waals surface area contributed by atoms with Crippen LogP contribution in [0.3, 0.4) is 0 Å². The van der Waals surface area contributed by atoms with Gasteiger partial charge in [-0.3, -0.25) is 4.74 Å². The number of unbranched alkanes of at least 4 members (excludes halogenated alkanes) is 2. The zero-order valence-corrected chi connectivity index (χ0v) is 21.9. The van der Waals surface area contributed by atoms with Crippen molar-refractivity contribution < 1.29 is 8.42 Å². The fraction of sp³-hybridized carbons (Fsp3) is 0.133. The first-order chi connectivity index (χ1) is 17.6. The first-order valence-electron chi connectivity index (χ1n) is 12.1. The maximum Gasteiger partial charge on any atom is 0.242 e. The van der Waals surface area contributed by atoms with Crippen molar-refractivity contribution in [2.75, 3.05) is 6.54 Å². The van der Waals surface area contributed by atoms with Crippen molar-refractivity contribution in [1.29, 1.82) is 0 Å². The van der Waals surface area contributed by atoms with Crippen LogP contribution < -0.4 is 20.6 Å². The number of hydrogen-bond acceptors (Lipinski definition) is 3. The van der Waals surface area contributed by atoms with E-state index in [0.717, 1.165) is 35.2 Å². The summed E-state index contributed by atoms with van der Waals surface area (Å²) in [6.45, 7) is 4.10. The number of sulfonamides is 1. The summed E-state index contributed by atoms with van der Waals surface area (Å²) in [6, 6.07) is 37.6. The van der Waals surface area contributed by atoms with Gasteiger partial charge in [-0.25, -0.2) is 13.1 Å². The van der Waals surface area contributed by atoms with Crippen molar-refractivity contribution >= 4 is 38.7 Å². The van der Waals surface area contributed by atoms with Crippen molar-refractivity contribution in [2.45, 2.75) is 24.2 Å². The average Bonchev–Trinajstić information content (AvgIpc) is 2.93. The van der Waals surface area contributed by atoms with Crippen molar-refractivity contribution in [2.24, 2.45) is 4.74 Å². The molecule has 6 heteroatoms. The average molecular weight is 515 g/mol. The van der Waals surface area contributed by atoms with Gasteiger partial charge in [-0.15, -0.1) is 6.58 Å². The highest BCUT2D eigenvalue weighted by Crippen LogP contribution is 2.50.